The first-order chi connectivity index (χ1) is 12.0. The second-order valence-electron chi connectivity index (χ2n) is 10.9. The normalized spacial score (nSPS) is 22.4. The van der Waals surface area contributed by atoms with E-state index in [4.69, 9.17) is 13.6 Å². The van der Waals surface area contributed by atoms with Crippen LogP contribution < -0.4 is 0 Å². The van der Waals surface area contributed by atoms with Crippen molar-refractivity contribution in [3.63, 3.8) is 0 Å². The van der Waals surface area contributed by atoms with Crippen molar-refractivity contribution in [3.05, 3.63) is 11.6 Å². The molecule has 0 aromatic heterocycles. The minimum atomic E-state index is -1.94. The molecule has 27 heavy (non-hydrogen) atoms. The van der Waals surface area contributed by atoms with Crippen molar-refractivity contribution in [2.45, 2.75) is 110 Å². The molecule has 1 aliphatic carbocycles. The Morgan fingerprint density at radius 3 is 1.93 bits per heavy atom. The molecule has 0 N–H and O–H groups in total. The van der Waals surface area contributed by atoms with Crippen LogP contribution in [0, 0.1) is 0 Å². The lowest BCUT2D eigenvalue weighted by Gasteiger charge is -2.44. The van der Waals surface area contributed by atoms with Crippen LogP contribution in [0.3, 0.4) is 0 Å². The first-order valence-corrected chi connectivity index (χ1v) is 16.0. The summed E-state index contributed by atoms with van der Waals surface area (Å²) in [5.74, 6) is -0.248. The fourth-order valence-corrected chi connectivity index (χ4v) is 5.28. The Morgan fingerprint density at radius 1 is 1.00 bits per heavy atom. The Hall–Kier alpha value is -0.436. The highest BCUT2D eigenvalue weighted by Gasteiger charge is 2.43. The number of hydrogen-bond donors (Lipinski definition) is 0. The zero-order valence-electron chi connectivity index (χ0n) is 19.5. The van der Waals surface area contributed by atoms with Gasteiger partial charge in [-0.05, 0) is 48.3 Å². The van der Waals surface area contributed by atoms with E-state index >= 15 is 0 Å². The molecule has 0 unspecified atom stereocenters. The van der Waals surface area contributed by atoms with Gasteiger partial charge in [0, 0.05) is 13.3 Å². The van der Waals surface area contributed by atoms with Crippen molar-refractivity contribution in [2.24, 2.45) is 0 Å². The molecule has 0 saturated carbocycles. The maximum absolute atomic E-state index is 11.3. The van der Waals surface area contributed by atoms with Crippen LogP contribution in [0.15, 0.2) is 11.6 Å². The molecule has 0 aliphatic heterocycles. The van der Waals surface area contributed by atoms with Crippen LogP contribution in [0.2, 0.25) is 36.3 Å². The summed E-state index contributed by atoms with van der Waals surface area (Å²) in [6.45, 7) is 24.5. The highest BCUT2D eigenvalue weighted by Crippen LogP contribution is 2.42. The van der Waals surface area contributed by atoms with Gasteiger partial charge in [-0.1, -0.05) is 47.6 Å². The Balaban J connectivity index is 3.01. The first-order valence-electron chi connectivity index (χ1n) is 10.1. The minimum absolute atomic E-state index is 0.0336. The molecule has 0 amide bonds. The summed E-state index contributed by atoms with van der Waals surface area (Å²) >= 11 is 0. The highest BCUT2D eigenvalue weighted by molar-refractivity contribution is 6.74. The van der Waals surface area contributed by atoms with Gasteiger partial charge in [0.25, 0.3) is 0 Å². The van der Waals surface area contributed by atoms with Gasteiger partial charge in [-0.25, -0.2) is 0 Å². The highest BCUT2D eigenvalue weighted by atomic mass is 28.4. The molecular formula is C21H42O4Si2. The number of hydrogen-bond acceptors (Lipinski definition) is 4. The van der Waals surface area contributed by atoms with E-state index in [1.54, 1.807) is 0 Å². The van der Waals surface area contributed by atoms with Crippen molar-refractivity contribution in [1.29, 1.82) is 0 Å². The monoisotopic (exact) mass is 414 g/mol. The lowest BCUT2D eigenvalue weighted by atomic mass is 9.95. The van der Waals surface area contributed by atoms with Crippen molar-refractivity contribution in [1.82, 2.24) is 0 Å². The molecule has 6 heteroatoms. The summed E-state index contributed by atoms with van der Waals surface area (Å²) in [7, 11) is -3.78. The fourth-order valence-electron chi connectivity index (χ4n) is 2.58. The summed E-state index contributed by atoms with van der Waals surface area (Å²) in [4.78, 5) is 11.3. The molecule has 2 atom stereocenters. The van der Waals surface area contributed by atoms with Gasteiger partial charge in [0.15, 0.2) is 16.6 Å². The van der Waals surface area contributed by atoms with Gasteiger partial charge >= 0.3 is 5.97 Å². The molecule has 0 bridgehead atoms. The second kappa shape index (κ2) is 8.51. The molecule has 0 aromatic rings. The molecule has 0 spiro atoms. The maximum atomic E-state index is 11.3. The third-order valence-electron chi connectivity index (χ3n) is 6.49. The summed E-state index contributed by atoms with van der Waals surface area (Å²) < 4.78 is 18.7. The predicted octanol–water partition coefficient (Wildman–Crippen LogP) is 6.05. The minimum Gasteiger partial charge on any atom is -0.461 e. The molecule has 0 radical (unpaired) electrons. The average Bonchev–Trinajstić information content (AvgIpc) is 2.43. The van der Waals surface area contributed by atoms with Crippen LogP contribution in [0.25, 0.3) is 0 Å². The number of carbonyl (C=O) groups is 1. The smallest absolute Gasteiger partial charge is 0.302 e. The Labute approximate surface area is 169 Å². The number of esters is 1. The van der Waals surface area contributed by atoms with E-state index in [-0.39, 0.29) is 28.3 Å². The molecule has 0 aromatic carbocycles. The number of carbonyl (C=O) groups excluding carboxylic acids is 1. The van der Waals surface area contributed by atoms with Crippen LogP contribution in [0.5, 0.6) is 0 Å². The van der Waals surface area contributed by atoms with Crippen LogP contribution in [-0.4, -0.2) is 41.4 Å². The third kappa shape index (κ3) is 6.84. The molecule has 1 rings (SSSR count). The van der Waals surface area contributed by atoms with Gasteiger partial charge in [0.2, 0.25) is 0 Å². The molecule has 0 heterocycles. The van der Waals surface area contributed by atoms with Crippen molar-refractivity contribution in [2.75, 3.05) is 6.61 Å². The predicted molar refractivity (Wildman–Crippen MR) is 118 cm³/mol. The van der Waals surface area contributed by atoms with Crippen LogP contribution in [0.4, 0.5) is 0 Å². The second-order valence-corrected chi connectivity index (χ2v) is 20.4. The summed E-state index contributed by atoms with van der Waals surface area (Å²) in [5.41, 5.74) is 1.09. The first kappa shape index (κ1) is 24.6. The Morgan fingerprint density at radius 2 is 1.48 bits per heavy atom. The van der Waals surface area contributed by atoms with Crippen LogP contribution in [-0.2, 0) is 18.4 Å². The maximum Gasteiger partial charge on any atom is 0.302 e. The number of ether oxygens (including phenoxy) is 1. The topological polar surface area (TPSA) is 44.8 Å². The number of rotatable bonds is 6. The van der Waals surface area contributed by atoms with Gasteiger partial charge in [-0.3, -0.25) is 4.79 Å². The van der Waals surface area contributed by atoms with Crippen molar-refractivity contribution >= 4 is 22.6 Å². The van der Waals surface area contributed by atoms with E-state index < -0.39 is 16.6 Å². The van der Waals surface area contributed by atoms with E-state index in [2.05, 4.69) is 73.8 Å². The SMILES string of the molecule is CC(=O)OCC1=CC[C@@H](O[Si](C)(C)C(C)(C)C)C[C@@H]1O[Si](C)(C)C(C)(C)C. The van der Waals surface area contributed by atoms with Crippen LogP contribution in [0.1, 0.15) is 61.3 Å². The van der Waals surface area contributed by atoms with E-state index in [1.165, 1.54) is 6.92 Å². The van der Waals surface area contributed by atoms with Crippen LogP contribution >= 0.6 is 0 Å². The molecular weight excluding hydrogens is 372 g/mol. The summed E-state index contributed by atoms with van der Waals surface area (Å²) in [6, 6.07) is 0. The Kier molecular flexibility index (Phi) is 7.76. The van der Waals surface area contributed by atoms with Gasteiger partial charge in [-0.2, -0.15) is 0 Å². The lowest BCUT2D eigenvalue weighted by Crippen LogP contribution is -2.49. The molecule has 0 saturated heterocycles. The standard InChI is InChI=1S/C21H42O4Si2/c1-16(22)23-15-17-12-13-18(24-26(8,9)20(2,3)4)14-19(17)25-27(10,11)21(5,6)7/h12,18-19H,13-15H2,1-11H3/t18-,19+/m1/s1. The molecule has 4 nitrogen and oxygen atoms in total. The van der Waals surface area contributed by atoms with Crippen molar-refractivity contribution < 1.29 is 18.4 Å². The van der Waals surface area contributed by atoms with Gasteiger partial charge in [0.05, 0.1) is 12.2 Å². The van der Waals surface area contributed by atoms with E-state index in [1.807, 2.05) is 0 Å². The van der Waals surface area contributed by atoms with Crippen molar-refractivity contribution in [3.8, 4) is 0 Å². The summed E-state index contributed by atoms with van der Waals surface area (Å²) in [6.07, 6.45) is 4.02. The van der Waals surface area contributed by atoms with Gasteiger partial charge in [-0.15, -0.1) is 0 Å². The van der Waals surface area contributed by atoms with E-state index in [9.17, 15) is 4.79 Å². The average molecular weight is 415 g/mol. The van der Waals surface area contributed by atoms with E-state index in [0.29, 0.717) is 6.61 Å². The Bertz CT molecular complexity index is 554. The zero-order valence-corrected chi connectivity index (χ0v) is 21.5. The quantitative estimate of drug-likeness (QED) is 0.301. The van der Waals surface area contributed by atoms with Gasteiger partial charge in [0.1, 0.15) is 6.61 Å². The molecule has 158 valence electrons. The summed E-state index contributed by atoms with van der Waals surface area (Å²) in [5, 5.41) is 0.317. The van der Waals surface area contributed by atoms with E-state index in [0.717, 1.165) is 18.4 Å². The fraction of sp³-hybridized carbons (Fsp3) is 0.857. The van der Waals surface area contributed by atoms with Gasteiger partial charge < -0.3 is 13.6 Å². The largest absolute Gasteiger partial charge is 0.461 e. The zero-order chi connectivity index (χ0) is 21.3. The molecule has 1 aliphatic rings. The molecule has 0 fully saturated rings. The third-order valence-corrected chi connectivity index (χ3v) is 15.5. The lowest BCUT2D eigenvalue weighted by molar-refractivity contribution is -0.140.